The fourth-order valence-corrected chi connectivity index (χ4v) is 1.86. The van der Waals surface area contributed by atoms with E-state index in [1.807, 2.05) is 0 Å². The summed E-state index contributed by atoms with van der Waals surface area (Å²) in [7, 11) is 0. The maximum Gasteiger partial charge on any atom is -0.0383 e. The summed E-state index contributed by atoms with van der Waals surface area (Å²) in [5.74, 6) is 1.03. The first-order valence-electron chi connectivity index (χ1n) is 4.75. The van der Waals surface area contributed by atoms with Gasteiger partial charge in [0.2, 0.25) is 0 Å². The third-order valence-corrected chi connectivity index (χ3v) is 2.47. The van der Waals surface area contributed by atoms with E-state index in [2.05, 4.69) is 13.3 Å². The van der Waals surface area contributed by atoms with Gasteiger partial charge >= 0.3 is 0 Å². The molecule has 0 saturated heterocycles. The third-order valence-electron chi connectivity index (χ3n) is 2.47. The van der Waals surface area contributed by atoms with Crippen LogP contribution in [0.3, 0.4) is 0 Å². The normalized spacial score (nSPS) is 22.5. The van der Waals surface area contributed by atoms with Gasteiger partial charge in [-0.05, 0) is 18.8 Å². The molecule has 1 atom stereocenters. The van der Waals surface area contributed by atoms with Crippen LogP contribution in [-0.4, -0.2) is 0 Å². The molecule has 0 spiro atoms. The van der Waals surface area contributed by atoms with E-state index >= 15 is 0 Å². The monoisotopic (exact) mass is 139 g/mol. The quantitative estimate of drug-likeness (QED) is 0.513. The van der Waals surface area contributed by atoms with Crippen LogP contribution in [0.2, 0.25) is 0 Å². The van der Waals surface area contributed by atoms with E-state index in [1.54, 1.807) is 0 Å². The van der Waals surface area contributed by atoms with E-state index in [0.717, 1.165) is 5.92 Å². The van der Waals surface area contributed by atoms with Gasteiger partial charge in [-0.15, -0.1) is 0 Å². The van der Waals surface area contributed by atoms with E-state index in [9.17, 15) is 0 Å². The van der Waals surface area contributed by atoms with Gasteiger partial charge in [-0.25, -0.2) is 0 Å². The SMILES string of the molecule is CCCC1C[CH]CCCC1. The van der Waals surface area contributed by atoms with Crippen molar-refractivity contribution >= 4 is 0 Å². The van der Waals surface area contributed by atoms with Crippen LogP contribution in [0.15, 0.2) is 0 Å². The summed E-state index contributed by atoms with van der Waals surface area (Å²) in [6.45, 7) is 2.30. The summed E-state index contributed by atoms with van der Waals surface area (Å²) in [6.07, 6.45) is 12.5. The third kappa shape index (κ3) is 2.72. The van der Waals surface area contributed by atoms with Gasteiger partial charge in [0.25, 0.3) is 0 Å². The highest BCUT2D eigenvalue weighted by molar-refractivity contribution is 4.75. The van der Waals surface area contributed by atoms with E-state index in [-0.39, 0.29) is 0 Å². The Balaban J connectivity index is 2.15. The topological polar surface area (TPSA) is 0 Å². The molecule has 0 heterocycles. The Morgan fingerprint density at radius 2 is 2.30 bits per heavy atom. The highest BCUT2D eigenvalue weighted by Crippen LogP contribution is 2.25. The molecule has 0 aromatic carbocycles. The average molecular weight is 139 g/mol. The van der Waals surface area contributed by atoms with Crippen LogP contribution >= 0.6 is 0 Å². The molecular weight excluding hydrogens is 120 g/mol. The lowest BCUT2D eigenvalue weighted by atomic mass is 9.96. The van der Waals surface area contributed by atoms with Gasteiger partial charge in [0.15, 0.2) is 0 Å². The standard InChI is InChI=1S/C10H19/c1-2-7-10-8-5-3-4-6-9-10/h5,10H,2-4,6-9H2,1H3. The lowest BCUT2D eigenvalue weighted by molar-refractivity contribution is 0.444. The van der Waals surface area contributed by atoms with Crippen molar-refractivity contribution in [3.63, 3.8) is 0 Å². The van der Waals surface area contributed by atoms with Gasteiger partial charge in [-0.2, -0.15) is 0 Å². The van der Waals surface area contributed by atoms with Gasteiger partial charge in [0.1, 0.15) is 0 Å². The summed E-state index contributed by atoms with van der Waals surface area (Å²) < 4.78 is 0. The molecule has 1 aliphatic rings. The fourth-order valence-electron chi connectivity index (χ4n) is 1.86. The van der Waals surface area contributed by atoms with Gasteiger partial charge < -0.3 is 0 Å². The number of rotatable bonds is 2. The zero-order valence-corrected chi connectivity index (χ0v) is 7.10. The van der Waals surface area contributed by atoms with Crippen molar-refractivity contribution in [1.29, 1.82) is 0 Å². The average Bonchev–Trinajstić information content (AvgIpc) is 2.17. The number of hydrogen-bond donors (Lipinski definition) is 0. The first kappa shape index (κ1) is 8.10. The summed E-state index contributed by atoms with van der Waals surface area (Å²) in [5.41, 5.74) is 0. The molecule has 0 heteroatoms. The molecular formula is C10H19. The Labute approximate surface area is 65.0 Å². The summed E-state index contributed by atoms with van der Waals surface area (Å²) in [5, 5.41) is 0. The van der Waals surface area contributed by atoms with Crippen LogP contribution in [-0.2, 0) is 0 Å². The second kappa shape index (κ2) is 4.76. The first-order chi connectivity index (χ1) is 4.93. The molecule has 10 heavy (non-hydrogen) atoms. The molecule has 1 radical (unpaired) electrons. The van der Waals surface area contributed by atoms with Crippen LogP contribution in [0.1, 0.15) is 51.9 Å². The molecule has 1 fully saturated rings. The van der Waals surface area contributed by atoms with E-state index in [1.165, 1.54) is 44.9 Å². The van der Waals surface area contributed by atoms with Gasteiger partial charge in [-0.3, -0.25) is 0 Å². The van der Waals surface area contributed by atoms with Crippen LogP contribution in [0.5, 0.6) is 0 Å². The van der Waals surface area contributed by atoms with Crippen molar-refractivity contribution in [1.82, 2.24) is 0 Å². The molecule has 1 saturated carbocycles. The minimum absolute atomic E-state index is 1.03. The summed E-state index contributed by atoms with van der Waals surface area (Å²) in [6, 6.07) is 0. The second-order valence-corrected chi connectivity index (χ2v) is 3.46. The van der Waals surface area contributed by atoms with Crippen LogP contribution < -0.4 is 0 Å². The van der Waals surface area contributed by atoms with Gasteiger partial charge in [0, 0.05) is 0 Å². The predicted molar refractivity (Wildman–Crippen MR) is 45.8 cm³/mol. The van der Waals surface area contributed by atoms with E-state index in [4.69, 9.17) is 0 Å². The summed E-state index contributed by atoms with van der Waals surface area (Å²) in [4.78, 5) is 0. The molecule has 0 N–H and O–H groups in total. The lowest BCUT2D eigenvalue weighted by Gasteiger charge is -2.10. The van der Waals surface area contributed by atoms with Crippen LogP contribution in [0, 0.1) is 12.3 Å². The molecule has 0 aromatic rings. The Kier molecular flexibility index (Phi) is 3.86. The molecule has 0 amide bonds. The Morgan fingerprint density at radius 3 is 3.10 bits per heavy atom. The van der Waals surface area contributed by atoms with Crippen molar-refractivity contribution in [3.05, 3.63) is 6.42 Å². The van der Waals surface area contributed by atoms with Crippen molar-refractivity contribution in [2.75, 3.05) is 0 Å². The van der Waals surface area contributed by atoms with Gasteiger partial charge in [-0.1, -0.05) is 45.4 Å². The molecule has 1 rings (SSSR count). The smallest absolute Gasteiger partial charge is 0.0383 e. The number of hydrogen-bond acceptors (Lipinski definition) is 0. The van der Waals surface area contributed by atoms with Crippen molar-refractivity contribution < 1.29 is 0 Å². The zero-order valence-electron chi connectivity index (χ0n) is 7.10. The molecule has 0 aromatic heterocycles. The first-order valence-corrected chi connectivity index (χ1v) is 4.75. The van der Waals surface area contributed by atoms with Crippen LogP contribution in [0.25, 0.3) is 0 Å². The molecule has 59 valence electrons. The van der Waals surface area contributed by atoms with Crippen LogP contribution in [0.4, 0.5) is 0 Å². The minimum atomic E-state index is 1.03. The largest absolute Gasteiger partial charge is 0.0654 e. The molecule has 0 aliphatic heterocycles. The predicted octanol–water partition coefficient (Wildman–Crippen LogP) is 3.57. The summed E-state index contributed by atoms with van der Waals surface area (Å²) >= 11 is 0. The maximum atomic E-state index is 2.49. The highest BCUT2D eigenvalue weighted by atomic mass is 14.2. The maximum absolute atomic E-state index is 2.49. The molecule has 1 unspecified atom stereocenters. The molecule has 0 bridgehead atoms. The van der Waals surface area contributed by atoms with Crippen molar-refractivity contribution in [2.45, 2.75) is 51.9 Å². The zero-order chi connectivity index (χ0) is 7.23. The molecule has 1 aliphatic carbocycles. The minimum Gasteiger partial charge on any atom is -0.0654 e. The Morgan fingerprint density at radius 1 is 1.40 bits per heavy atom. The van der Waals surface area contributed by atoms with Crippen molar-refractivity contribution in [2.24, 2.45) is 5.92 Å². The lowest BCUT2D eigenvalue weighted by Crippen LogP contribution is -1.96. The Hall–Kier alpha value is 0. The molecule has 0 nitrogen and oxygen atoms in total. The van der Waals surface area contributed by atoms with E-state index in [0.29, 0.717) is 0 Å². The second-order valence-electron chi connectivity index (χ2n) is 3.46. The Bertz CT molecular complexity index is 68.1. The van der Waals surface area contributed by atoms with Gasteiger partial charge in [0.05, 0.1) is 0 Å². The van der Waals surface area contributed by atoms with Crippen molar-refractivity contribution in [3.8, 4) is 0 Å². The fraction of sp³-hybridized carbons (Fsp3) is 0.900. The van der Waals surface area contributed by atoms with E-state index < -0.39 is 0 Å². The highest BCUT2D eigenvalue weighted by Gasteiger charge is 2.10.